The van der Waals surface area contributed by atoms with E-state index in [1.54, 1.807) is 7.11 Å². The van der Waals surface area contributed by atoms with E-state index in [0.717, 1.165) is 69.2 Å². The van der Waals surface area contributed by atoms with Crippen LogP contribution in [0.4, 0.5) is 0 Å². The Balaban J connectivity index is 1.67. The van der Waals surface area contributed by atoms with Gasteiger partial charge in [-0.05, 0) is 55.2 Å². The van der Waals surface area contributed by atoms with Gasteiger partial charge in [0.1, 0.15) is 5.75 Å². The summed E-state index contributed by atoms with van der Waals surface area (Å²) in [5.41, 5.74) is 1.44. The molecule has 2 aliphatic rings. The molecule has 3 rings (SSSR count). The SMILES string of the molecule is CN=C(NCC1(c2ccc(OC)cc2)CCOCC1)N1CCC(CC(C)C)C1. The first-order valence-corrected chi connectivity index (χ1v) is 10.7. The molecule has 2 saturated heterocycles. The molecule has 0 bridgehead atoms. The quantitative estimate of drug-likeness (QED) is 0.597. The van der Waals surface area contributed by atoms with Gasteiger partial charge in [0.25, 0.3) is 0 Å². The lowest BCUT2D eigenvalue weighted by Crippen LogP contribution is -2.48. The number of guanidine groups is 1. The van der Waals surface area contributed by atoms with Gasteiger partial charge >= 0.3 is 0 Å². The van der Waals surface area contributed by atoms with Crippen LogP contribution in [0.1, 0.15) is 45.1 Å². The second kappa shape index (κ2) is 9.64. The summed E-state index contributed by atoms with van der Waals surface area (Å²) >= 11 is 0. The van der Waals surface area contributed by atoms with E-state index in [9.17, 15) is 0 Å². The van der Waals surface area contributed by atoms with Gasteiger partial charge in [-0.25, -0.2) is 0 Å². The van der Waals surface area contributed by atoms with Crippen molar-refractivity contribution in [3.05, 3.63) is 29.8 Å². The van der Waals surface area contributed by atoms with E-state index in [1.807, 2.05) is 7.05 Å². The third-order valence-electron chi connectivity index (χ3n) is 6.34. The number of methoxy groups -OCH3 is 1. The van der Waals surface area contributed by atoms with Gasteiger partial charge in [0.05, 0.1) is 7.11 Å². The number of rotatable bonds is 6. The smallest absolute Gasteiger partial charge is 0.193 e. The Morgan fingerprint density at radius 3 is 2.61 bits per heavy atom. The van der Waals surface area contributed by atoms with Crippen molar-refractivity contribution in [2.75, 3.05) is 47.0 Å². The molecule has 2 aliphatic heterocycles. The van der Waals surface area contributed by atoms with E-state index in [-0.39, 0.29) is 5.41 Å². The lowest BCUT2D eigenvalue weighted by molar-refractivity contribution is 0.0512. The molecule has 0 saturated carbocycles. The Bertz CT molecular complexity index is 636. The van der Waals surface area contributed by atoms with Gasteiger partial charge in [0.15, 0.2) is 5.96 Å². The monoisotopic (exact) mass is 387 g/mol. The van der Waals surface area contributed by atoms with Gasteiger partial charge in [-0.2, -0.15) is 0 Å². The fourth-order valence-corrected chi connectivity index (χ4v) is 4.74. The maximum Gasteiger partial charge on any atom is 0.193 e. The third kappa shape index (κ3) is 4.99. The van der Waals surface area contributed by atoms with Crippen molar-refractivity contribution in [2.24, 2.45) is 16.8 Å². The summed E-state index contributed by atoms with van der Waals surface area (Å²) < 4.78 is 11.0. The molecule has 5 nitrogen and oxygen atoms in total. The zero-order chi connectivity index (χ0) is 20.0. The van der Waals surface area contributed by atoms with Crippen molar-refractivity contribution < 1.29 is 9.47 Å². The molecule has 1 aromatic carbocycles. The van der Waals surface area contributed by atoms with Gasteiger partial charge < -0.3 is 19.7 Å². The standard InChI is InChI=1S/C23H37N3O2/c1-18(2)15-19-9-12-26(16-19)22(24-3)25-17-23(10-13-28-14-11-23)20-5-7-21(27-4)8-6-20/h5-8,18-19H,9-17H2,1-4H3,(H,24,25). The third-order valence-corrected chi connectivity index (χ3v) is 6.34. The van der Waals surface area contributed by atoms with E-state index in [4.69, 9.17) is 9.47 Å². The number of nitrogens with zero attached hydrogens (tertiary/aromatic N) is 2. The summed E-state index contributed by atoms with van der Waals surface area (Å²) in [6.45, 7) is 9.38. The highest BCUT2D eigenvalue weighted by molar-refractivity contribution is 5.80. The van der Waals surface area contributed by atoms with Crippen molar-refractivity contribution in [3.8, 4) is 5.75 Å². The van der Waals surface area contributed by atoms with Crippen LogP contribution in [-0.4, -0.2) is 57.9 Å². The normalized spacial score (nSPS) is 22.5. The predicted molar refractivity (Wildman–Crippen MR) is 115 cm³/mol. The van der Waals surface area contributed by atoms with Gasteiger partial charge in [-0.3, -0.25) is 4.99 Å². The predicted octanol–water partition coefficient (Wildman–Crippen LogP) is 3.69. The minimum absolute atomic E-state index is 0.0809. The molecule has 0 radical (unpaired) electrons. The lowest BCUT2D eigenvalue weighted by atomic mass is 9.74. The number of hydrogen-bond acceptors (Lipinski definition) is 3. The molecular formula is C23H37N3O2. The van der Waals surface area contributed by atoms with Crippen LogP contribution in [0.25, 0.3) is 0 Å². The van der Waals surface area contributed by atoms with E-state index in [2.05, 4.69) is 53.3 Å². The van der Waals surface area contributed by atoms with E-state index < -0.39 is 0 Å². The molecule has 5 heteroatoms. The van der Waals surface area contributed by atoms with Crippen molar-refractivity contribution in [3.63, 3.8) is 0 Å². The minimum atomic E-state index is 0.0809. The van der Waals surface area contributed by atoms with Crippen LogP contribution in [-0.2, 0) is 10.2 Å². The molecule has 0 aromatic heterocycles. The first kappa shape index (κ1) is 21.0. The fraction of sp³-hybridized carbons (Fsp3) is 0.696. The first-order chi connectivity index (χ1) is 13.6. The van der Waals surface area contributed by atoms with Crippen LogP contribution in [0, 0.1) is 11.8 Å². The maximum absolute atomic E-state index is 5.68. The lowest BCUT2D eigenvalue weighted by Gasteiger charge is -2.39. The second-order valence-corrected chi connectivity index (χ2v) is 8.75. The second-order valence-electron chi connectivity index (χ2n) is 8.75. The number of ether oxygens (including phenoxy) is 2. The number of benzene rings is 1. The molecule has 1 unspecified atom stereocenters. The summed E-state index contributed by atoms with van der Waals surface area (Å²) in [5.74, 6) is 3.51. The number of hydrogen-bond donors (Lipinski definition) is 1. The number of nitrogens with one attached hydrogen (secondary N) is 1. The Kier molecular flexibility index (Phi) is 7.22. The van der Waals surface area contributed by atoms with Crippen molar-refractivity contribution in [2.45, 2.75) is 44.9 Å². The molecule has 1 aromatic rings. The van der Waals surface area contributed by atoms with Crippen molar-refractivity contribution in [1.82, 2.24) is 10.2 Å². The highest BCUT2D eigenvalue weighted by atomic mass is 16.5. The molecule has 2 heterocycles. The molecule has 0 aliphatic carbocycles. The highest BCUT2D eigenvalue weighted by Crippen LogP contribution is 2.35. The summed E-state index contributed by atoms with van der Waals surface area (Å²) in [5, 5.41) is 3.71. The molecule has 1 atom stereocenters. The van der Waals surface area contributed by atoms with E-state index in [0.29, 0.717) is 0 Å². The van der Waals surface area contributed by atoms with Crippen molar-refractivity contribution >= 4 is 5.96 Å². The Morgan fingerprint density at radius 1 is 1.29 bits per heavy atom. The average Bonchev–Trinajstić information content (AvgIpc) is 3.17. The summed E-state index contributed by atoms with van der Waals surface area (Å²) in [7, 11) is 3.62. The van der Waals surface area contributed by atoms with Crippen LogP contribution in [0.2, 0.25) is 0 Å². The maximum atomic E-state index is 5.68. The Labute approximate surface area is 170 Å². The Morgan fingerprint density at radius 2 is 2.00 bits per heavy atom. The summed E-state index contributed by atoms with van der Waals surface area (Å²) in [4.78, 5) is 7.04. The molecule has 156 valence electrons. The van der Waals surface area contributed by atoms with Gasteiger partial charge in [0, 0.05) is 45.3 Å². The number of aliphatic imine (C=N–C) groups is 1. The molecule has 0 spiro atoms. The fourth-order valence-electron chi connectivity index (χ4n) is 4.74. The largest absolute Gasteiger partial charge is 0.497 e. The number of likely N-dealkylation sites (tertiary alicyclic amines) is 1. The van der Waals surface area contributed by atoms with Crippen LogP contribution < -0.4 is 10.1 Å². The minimum Gasteiger partial charge on any atom is -0.497 e. The average molecular weight is 388 g/mol. The topological polar surface area (TPSA) is 46.1 Å². The van der Waals surface area contributed by atoms with E-state index in [1.165, 1.54) is 18.4 Å². The zero-order valence-corrected chi connectivity index (χ0v) is 18.0. The van der Waals surface area contributed by atoms with Crippen molar-refractivity contribution in [1.29, 1.82) is 0 Å². The van der Waals surface area contributed by atoms with Gasteiger partial charge in [0.2, 0.25) is 0 Å². The van der Waals surface area contributed by atoms with Crippen LogP contribution >= 0.6 is 0 Å². The Hall–Kier alpha value is -1.75. The zero-order valence-electron chi connectivity index (χ0n) is 18.0. The first-order valence-electron chi connectivity index (χ1n) is 10.7. The molecule has 28 heavy (non-hydrogen) atoms. The summed E-state index contributed by atoms with van der Waals surface area (Å²) in [6, 6.07) is 8.56. The summed E-state index contributed by atoms with van der Waals surface area (Å²) in [6.07, 6.45) is 4.63. The molecule has 1 N–H and O–H groups in total. The van der Waals surface area contributed by atoms with Gasteiger partial charge in [-0.1, -0.05) is 26.0 Å². The van der Waals surface area contributed by atoms with E-state index >= 15 is 0 Å². The van der Waals surface area contributed by atoms with Gasteiger partial charge in [-0.15, -0.1) is 0 Å². The van der Waals surface area contributed by atoms with Crippen LogP contribution in [0.15, 0.2) is 29.3 Å². The molecule has 0 amide bonds. The van der Waals surface area contributed by atoms with Crippen LogP contribution in [0.3, 0.4) is 0 Å². The van der Waals surface area contributed by atoms with Crippen LogP contribution in [0.5, 0.6) is 5.75 Å². The molecule has 2 fully saturated rings. The highest BCUT2D eigenvalue weighted by Gasteiger charge is 2.35. The molecular weight excluding hydrogens is 350 g/mol.